The van der Waals surface area contributed by atoms with Crippen LogP contribution >= 0.6 is 0 Å². The minimum absolute atomic E-state index is 0.0196. The number of benzene rings is 2. The summed E-state index contributed by atoms with van der Waals surface area (Å²) in [5, 5.41) is 5.58. The van der Waals surface area contributed by atoms with Crippen LogP contribution in [0.1, 0.15) is 30.5 Å². The van der Waals surface area contributed by atoms with E-state index in [1.807, 2.05) is 31.2 Å². The maximum Gasteiger partial charge on any atom is 0.321 e. The first-order valence-corrected chi connectivity index (χ1v) is 8.82. The van der Waals surface area contributed by atoms with Crippen molar-refractivity contribution in [3.05, 3.63) is 65.2 Å². The molecule has 142 valence electrons. The smallest absolute Gasteiger partial charge is 0.321 e. The third-order valence-electron chi connectivity index (χ3n) is 4.52. The Labute approximate surface area is 156 Å². The molecule has 0 radical (unpaired) electrons. The molecule has 7 heteroatoms. The van der Waals surface area contributed by atoms with Gasteiger partial charge in [-0.3, -0.25) is 9.69 Å². The molecule has 5 nitrogen and oxygen atoms in total. The molecule has 1 saturated heterocycles. The summed E-state index contributed by atoms with van der Waals surface area (Å²) < 4.78 is 26.9. The lowest BCUT2D eigenvalue weighted by Gasteiger charge is -2.27. The number of hydrogen-bond acceptors (Lipinski definition) is 2. The molecule has 2 aromatic carbocycles. The van der Waals surface area contributed by atoms with E-state index < -0.39 is 17.5 Å². The number of anilines is 1. The quantitative estimate of drug-likeness (QED) is 0.845. The number of amides is 3. The Kier molecular flexibility index (Phi) is 5.69. The predicted octanol–water partition coefficient (Wildman–Crippen LogP) is 3.30. The van der Waals surface area contributed by atoms with Crippen molar-refractivity contribution in [2.45, 2.75) is 25.8 Å². The van der Waals surface area contributed by atoms with Gasteiger partial charge in [0.2, 0.25) is 5.91 Å². The first-order chi connectivity index (χ1) is 12.9. The number of nitrogens with one attached hydrogen (secondary N) is 2. The van der Waals surface area contributed by atoms with E-state index in [0.29, 0.717) is 13.1 Å². The van der Waals surface area contributed by atoms with Crippen LogP contribution in [-0.4, -0.2) is 25.0 Å². The first kappa shape index (κ1) is 18.8. The van der Waals surface area contributed by atoms with Gasteiger partial charge < -0.3 is 10.6 Å². The summed E-state index contributed by atoms with van der Waals surface area (Å²) in [7, 11) is 0. The summed E-state index contributed by atoms with van der Waals surface area (Å²) in [4.78, 5) is 25.7. The van der Waals surface area contributed by atoms with Crippen LogP contribution in [0.3, 0.4) is 0 Å². The molecular weight excluding hydrogens is 352 g/mol. The zero-order valence-corrected chi connectivity index (χ0v) is 15.0. The summed E-state index contributed by atoms with van der Waals surface area (Å²) >= 11 is 0. The lowest BCUT2D eigenvalue weighted by molar-refractivity contribution is -0.121. The van der Waals surface area contributed by atoms with Crippen LogP contribution in [0.2, 0.25) is 0 Å². The highest BCUT2D eigenvalue weighted by Gasteiger charge is 2.19. The summed E-state index contributed by atoms with van der Waals surface area (Å²) in [5.41, 5.74) is 1.66. The summed E-state index contributed by atoms with van der Waals surface area (Å²) in [6.07, 6.45) is 0.649. The Bertz CT molecular complexity index is 840. The molecule has 0 bridgehead atoms. The zero-order chi connectivity index (χ0) is 19.4. The lowest BCUT2D eigenvalue weighted by atomic mass is 10.1. The average molecular weight is 373 g/mol. The number of rotatable bonds is 5. The Morgan fingerprint density at radius 3 is 2.67 bits per heavy atom. The van der Waals surface area contributed by atoms with E-state index in [1.165, 1.54) is 0 Å². The van der Waals surface area contributed by atoms with Crippen molar-refractivity contribution in [2.24, 2.45) is 0 Å². The van der Waals surface area contributed by atoms with Gasteiger partial charge in [0.05, 0.1) is 12.5 Å². The van der Waals surface area contributed by atoms with Crippen LogP contribution in [0.15, 0.2) is 42.5 Å². The second-order valence-corrected chi connectivity index (χ2v) is 6.53. The van der Waals surface area contributed by atoms with Crippen LogP contribution in [0.25, 0.3) is 0 Å². The van der Waals surface area contributed by atoms with Crippen molar-refractivity contribution in [1.29, 1.82) is 0 Å². The molecule has 3 rings (SSSR count). The van der Waals surface area contributed by atoms with Crippen molar-refractivity contribution in [2.75, 3.05) is 18.0 Å². The van der Waals surface area contributed by atoms with Crippen molar-refractivity contribution in [1.82, 2.24) is 10.6 Å². The van der Waals surface area contributed by atoms with Crippen LogP contribution in [-0.2, 0) is 11.2 Å². The van der Waals surface area contributed by atoms with E-state index in [9.17, 15) is 18.4 Å². The molecule has 3 amide bonds. The van der Waals surface area contributed by atoms with E-state index in [-0.39, 0.29) is 24.1 Å². The third kappa shape index (κ3) is 4.61. The van der Waals surface area contributed by atoms with Gasteiger partial charge in [-0.1, -0.05) is 12.1 Å². The molecule has 0 saturated carbocycles. The number of nitrogens with zero attached hydrogens (tertiary/aromatic N) is 1. The fourth-order valence-electron chi connectivity index (χ4n) is 3.05. The molecule has 0 aliphatic carbocycles. The maximum atomic E-state index is 13.7. The summed E-state index contributed by atoms with van der Waals surface area (Å²) in [5.74, 6) is -1.58. The van der Waals surface area contributed by atoms with Crippen molar-refractivity contribution in [3.63, 3.8) is 0 Å². The third-order valence-corrected chi connectivity index (χ3v) is 4.52. The minimum atomic E-state index is -0.608. The number of urea groups is 1. The Balaban J connectivity index is 1.62. The molecule has 0 unspecified atom stereocenters. The highest BCUT2D eigenvalue weighted by molar-refractivity contribution is 5.92. The van der Waals surface area contributed by atoms with Crippen molar-refractivity contribution in [3.8, 4) is 0 Å². The Morgan fingerprint density at radius 2 is 1.96 bits per heavy atom. The van der Waals surface area contributed by atoms with Gasteiger partial charge in [0.15, 0.2) is 0 Å². The van der Waals surface area contributed by atoms with Gasteiger partial charge in [-0.25, -0.2) is 13.6 Å². The number of carbonyl (C=O) groups excluding carboxylic acids is 2. The molecule has 1 fully saturated rings. The van der Waals surface area contributed by atoms with E-state index in [0.717, 1.165) is 35.9 Å². The normalized spacial score (nSPS) is 15.2. The van der Waals surface area contributed by atoms with Gasteiger partial charge in [-0.2, -0.15) is 0 Å². The predicted molar refractivity (Wildman–Crippen MR) is 98.4 cm³/mol. The molecule has 2 aromatic rings. The molecule has 0 aromatic heterocycles. The second-order valence-electron chi connectivity index (χ2n) is 6.53. The maximum absolute atomic E-state index is 13.7. The zero-order valence-electron chi connectivity index (χ0n) is 15.0. The SMILES string of the molecule is C[C@@H](NC(=O)Cc1cc(F)ccc1F)c1ccc(N2CCCNC2=O)cc1. The largest absolute Gasteiger partial charge is 0.349 e. The highest BCUT2D eigenvalue weighted by atomic mass is 19.1. The molecule has 2 N–H and O–H groups in total. The van der Waals surface area contributed by atoms with E-state index >= 15 is 0 Å². The molecule has 0 spiro atoms. The van der Waals surface area contributed by atoms with Gasteiger partial charge in [0.1, 0.15) is 11.6 Å². The molecule has 27 heavy (non-hydrogen) atoms. The van der Waals surface area contributed by atoms with Crippen molar-refractivity contribution >= 4 is 17.6 Å². The topological polar surface area (TPSA) is 61.4 Å². The van der Waals surface area contributed by atoms with Crippen molar-refractivity contribution < 1.29 is 18.4 Å². The van der Waals surface area contributed by atoms with E-state index in [1.54, 1.807) is 4.90 Å². The highest BCUT2D eigenvalue weighted by Crippen LogP contribution is 2.21. The summed E-state index contributed by atoms with van der Waals surface area (Å²) in [6, 6.07) is 9.96. The number of hydrogen-bond donors (Lipinski definition) is 2. The monoisotopic (exact) mass is 373 g/mol. The van der Waals surface area contributed by atoms with Crippen LogP contribution in [0, 0.1) is 11.6 Å². The van der Waals surface area contributed by atoms with Crippen LogP contribution in [0.4, 0.5) is 19.3 Å². The van der Waals surface area contributed by atoms with E-state index in [2.05, 4.69) is 10.6 Å². The Hall–Kier alpha value is -2.96. The standard InChI is InChI=1S/C20H21F2N3O2/c1-13(24-19(26)12-15-11-16(21)5-8-18(15)22)14-3-6-17(7-4-14)25-10-2-9-23-20(25)27/h3-8,11,13H,2,9-10,12H2,1H3,(H,23,27)(H,24,26)/t13-/m1/s1. The van der Waals surface area contributed by atoms with Gasteiger partial charge >= 0.3 is 6.03 Å². The fourth-order valence-corrected chi connectivity index (χ4v) is 3.05. The minimum Gasteiger partial charge on any atom is -0.349 e. The number of halogens is 2. The second kappa shape index (κ2) is 8.16. The van der Waals surface area contributed by atoms with Crippen LogP contribution in [0.5, 0.6) is 0 Å². The first-order valence-electron chi connectivity index (χ1n) is 8.82. The Morgan fingerprint density at radius 1 is 1.22 bits per heavy atom. The summed E-state index contributed by atoms with van der Waals surface area (Å²) in [6.45, 7) is 3.15. The number of carbonyl (C=O) groups is 2. The van der Waals surface area contributed by atoms with Gasteiger partial charge in [0, 0.05) is 24.3 Å². The molecule has 1 aliphatic rings. The van der Waals surface area contributed by atoms with Gasteiger partial charge in [0.25, 0.3) is 0 Å². The molecule has 1 atom stereocenters. The molecule has 1 aliphatic heterocycles. The fraction of sp³-hybridized carbons (Fsp3) is 0.300. The van der Waals surface area contributed by atoms with E-state index in [4.69, 9.17) is 0 Å². The van der Waals surface area contributed by atoms with Crippen LogP contribution < -0.4 is 15.5 Å². The van der Waals surface area contributed by atoms with Gasteiger partial charge in [-0.05, 0) is 49.2 Å². The molecular formula is C20H21F2N3O2. The molecule has 1 heterocycles. The average Bonchev–Trinajstić information content (AvgIpc) is 2.65. The lowest BCUT2D eigenvalue weighted by Crippen LogP contribution is -2.46. The van der Waals surface area contributed by atoms with Gasteiger partial charge in [-0.15, -0.1) is 0 Å².